The van der Waals surface area contributed by atoms with E-state index in [1.54, 1.807) is 14.2 Å². The van der Waals surface area contributed by atoms with Gasteiger partial charge in [0.1, 0.15) is 0 Å². The first-order valence-electron chi connectivity index (χ1n) is 10.8. The van der Waals surface area contributed by atoms with Crippen molar-refractivity contribution in [1.82, 2.24) is 0 Å². The molecule has 32 heavy (non-hydrogen) atoms. The van der Waals surface area contributed by atoms with Crippen LogP contribution in [0.1, 0.15) is 37.8 Å². The summed E-state index contributed by atoms with van der Waals surface area (Å²) in [6.45, 7) is 5.00. The fraction of sp³-hybridized carbons (Fsp3) is 0.296. The van der Waals surface area contributed by atoms with Gasteiger partial charge < -0.3 is 14.4 Å². The molecule has 0 aromatic heterocycles. The van der Waals surface area contributed by atoms with Crippen LogP contribution in [0.25, 0.3) is 16.3 Å². The summed E-state index contributed by atoms with van der Waals surface area (Å²) in [6, 6.07) is 16.8. The highest BCUT2D eigenvalue weighted by Gasteiger charge is 2.40. The standard InChI is InChI=1S/C27H26BrNO3/c1-27(2)13-20-24-17(10-9-16-7-5-6-8-19(16)24)15-29(25(20)22(30)14-27)18-11-21(28)26(32-4)23(12-18)31-3/h5-12H,13-15H2,1-4H3. The topological polar surface area (TPSA) is 38.8 Å². The van der Waals surface area contributed by atoms with E-state index < -0.39 is 0 Å². The van der Waals surface area contributed by atoms with Crippen LogP contribution >= 0.6 is 15.9 Å². The summed E-state index contributed by atoms with van der Waals surface area (Å²) in [4.78, 5) is 15.7. The van der Waals surface area contributed by atoms with Crippen LogP contribution in [0.15, 0.2) is 58.7 Å². The predicted molar refractivity (Wildman–Crippen MR) is 132 cm³/mol. The molecule has 0 bridgehead atoms. The summed E-state index contributed by atoms with van der Waals surface area (Å²) >= 11 is 3.62. The van der Waals surface area contributed by atoms with Gasteiger partial charge in [-0.15, -0.1) is 0 Å². The minimum Gasteiger partial charge on any atom is -0.493 e. The molecule has 3 aromatic rings. The molecule has 3 aromatic carbocycles. The average molecular weight is 492 g/mol. The summed E-state index contributed by atoms with van der Waals surface area (Å²) in [7, 11) is 3.25. The van der Waals surface area contributed by atoms with E-state index in [1.807, 2.05) is 12.1 Å². The number of nitrogens with zero attached hydrogens (tertiary/aromatic N) is 1. The zero-order valence-corrected chi connectivity index (χ0v) is 20.4. The first-order chi connectivity index (χ1) is 15.3. The van der Waals surface area contributed by atoms with E-state index in [2.05, 4.69) is 71.1 Å². The largest absolute Gasteiger partial charge is 0.493 e. The van der Waals surface area contributed by atoms with E-state index in [-0.39, 0.29) is 11.2 Å². The van der Waals surface area contributed by atoms with E-state index in [9.17, 15) is 4.79 Å². The fourth-order valence-corrected chi connectivity index (χ4v) is 5.76. The Bertz CT molecular complexity index is 1290. The Morgan fingerprint density at radius 1 is 1.00 bits per heavy atom. The van der Waals surface area contributed by atoms with Gasteiger partial charge in [0.2, 0.25) is 0 Å². The third-order valence-electron chi connectivity index (χ3n) is 6.49. The molecule has 164 valence electrons. The van der Waals surface area contributed by atoms with Gasteiger partial charge in [0.15, 0.2) is 17.3 Å². The van der Waals surface area contributed by atoms with E-state index in [4.69, 9.17) is 9.47 Å². The van der Waals surface area contributed by atoms with Crippen molar-refractivity contribution < 1.29 is 14.3 Å². The zero-order chi connectivity index (χ0) is 22.6. The van der Waals surface area contributed by atoms with Gasteiger partial charge in [-0.25, -0.2) is 0 Å². The summed E-state index contributed by atoms with van der Waals surface area (Å²) in [5.41, 5.74) is 5.26. The lowest BCUT2D eigenvalue weighted by molar-refractivity contribution is -0.117. The van der Waals surface area contributed by atoms with Crippen LogP contribution in [0, 0.1) is 5.41 Å². The van der Waals surface area contributed by atoms with Gasteiger partial charge in [-0.1, -0.05) is 50.2 Å². The average Bonchev–Trinajstić information content (AvgIpc) is 2.76. The number of fused-ring (bicyclic) bond motifs is 4. The smallest absolute Gasteiger partial charge is 0.180 e. The first kappa shape index (κ1) is 21.1. The number of Topliss-reactive ketones (excluding diaryl/α,β-unsaturated/α-hetero) is 1. The molecule has 1 aliphatic heterocycles. The van der Waals surface area contributed by atoms with Crippen molar-refractivity contribution in [3.8, 4) is 11.5 Å². The molecule has 0 saturated heterocycles. The highest BCUT2D eigenvalue weighted by atomic mass is 79.9. The lowest BCUT2D eigenvalue weighted by Crippen LogP contribution is -2.38. The maximum absolute atomic E-state index is 13.6. The first-order valence-corrected chi connectivity index (χ1v) is 11.6. The Labute approximate surface area is 196 Å². The molecular weight excluding hydrogens is 466 g/mol. The highest BCUT2D eigenvalue weighted by molar-refractivity contribution is 9.10. The third-order valence-corrected chi connectivity index (χ3v) is 7.08. The minimum absolute atomic E-state index is 0.0781. The number of hydrogen-bond donors (Lipinski definition) is 0. The van der Waals surface area contributed by atoms with Crippen molar-refractivity contribution in [1.29, 1.82) is 0 Å². The van der Waals surface area contributed by atoms with Crippen molar-refractivity contribution in [3.63, 3.8) is 0 Å². The number of rotatable bonds is 3. The second-order valence-electron chi connectivity index (χ2n) is 9.34. The maximum atomic E-state index is 13.6. The Kier molecular flexibility index (Phi) is 5.05. The molecule has 0 saturated carbocycles. The molecule has 0 radical (unpaired) electrons. The van der Waals surface area contributed by atoms with E-state index >= 15 is 0 Å². The number of carbonyl (C=O) groups is 1. The fourth-order valence-electron chi connectivity index (χ4n) is 5.17. The second kappa shape index (κ2) is 7.66. The van der Waals surface area contributed by atoms with Crippen molar-refractivity contribution >= 4 is 43.7 Å². The normalized spacial score (nSPS) is 17.3. The molecule has 5 heteroatoms. The van der Waals surface area contributed by atoms with Crippen LogP contribution < -0.4 is 14.4 Å². The van der Waals surface area contributed by atoms with Crippen LogP contribution in [-0.4, -0.2) is 20.0 Å². The monoisotopic (exact) mass is 491 g/mol. The number of benzene rings is 3. The van der Waals surface area contributed by atoms with Crippen LogP contribution in [0.2, 0.25) is 0 Å². The van der Waals surface area contributed by atoms with Crippen LogP contribution in [-0.2, 0) is 11.3 Å². The number of allylic oxidation sites excluding steroid dienone is 2. The number of ketones is 1. The van der Waals surface area contributed by atoms with Crippen molar-refractivity contribution in [2.45, 2.75) is 33.2 Å². The van der Waals surface area contributed by atoms with E-state index in [1.165, 1.54) is 21.9 Å². The van der Waals surface area contributed by atoms with Crippen molar-refractivity contribution in [2.75, 3.05) is 19.1 Å². The summed E-state index contributed by atoms with van der Waals surface area (Å²) in [6.07, 6.45) is 1.40. The highest BCUT2D eigenvalue weighted by Crippen LogP contribution is 2.50. The predicted octanol–water partition coefficient (Wildman–Crippen LogP) is 6.74. The van der Waals surface area contributed by atoms with Gasteiger partial charge in [0.25, 0.3) is 0 Å². The number of hydrogen-bond acceptors (Lipinski definition) is 4. The number of halogens is 1. The van der Waals surface area contributed by atoms with Crippen molar-refractivity contribution in [2.24, 2.45) is 5.41 Å². The van der Waals surface area contributed by atoms with Crippen LogP contribution in [0.3, 0.4) is 0 Å². The number of methoxy groups -OCH3 is 2. The van der Waals surface area contributed by atoms with E-state index in [0.717, 1.165) is 27.9 Å². The van der Waals surface area contributed by atoms with E-state index in [0.29, 0.717) is 24.5 Å². The molecule has 0 N–H and O–H groups in total. The number of carbonyl (C=O) groups excluding carboxylic acids is 1. The maximum Gasteiger partial charge on any atom is 0.180 e. The lowest BCUT2D eigenvalue weighted by atomic mass is 9.71. The van der Waals surface area contributed by atoms with Crippen LogP contribution in [0.5, 0.6) is 11.5 Å². The molecule has 0 spiro atoms. The lowest BCUT2D eigenvalue weighted by Gasteiger charge is -2.41. The number of anilines is 1. The molecule has 0 unspecified atom stereocenters. The quantitative estimate of drug-likeness (QED) is 0.406. The van der Waals surface area contributed by atoms with Crippen molar-refractivity contribution in [3.05, 3.63) is 69.8 Å². The molecule has 1 heterocycles. The van der Waals surface area contributed by atoms with Gasteiger partial charge in [-0.05, 0) is 61.3 Å². The van der Waals surface area contributed by atoms with Gasteiger partial charge in [0.05, 0.1) is 24.4 Å². The summed E-state index contributed by atoms with van der Waals surface area (Å²) in [5, 5.41) is 2.42. The molecule has 0 fully saturated rings. The summed E-state index contributed by atoms with van der Waals surface area (Å²) < 4.78 is 11.9. The Morgan fingerprint density at radius 2 is 1.78 bits per heavy atom. The Morgan fingerprint density at radius 3 is 2.53 bits per heavy atom. The minimum atomic E-state index is -0.0781. The second-order valence-corrected chi connectivity index (χ2v) is 10.2. The van der Waals surface area contributed by atoms with Gasteiger partial charge in [0, 0.05) is 24.7 Å². The molecule has 0 atom stereocenters. The molecule has 2 aliphatic rings. The van der Waals surface area contributed by atoms with Gasteiger partial charge in [-0.2, -0.15) is 0 Å². The van der Waals surface area contributed by atoms with Gasteiger partial charge >= 0.3 is 0 Å². The SMILES string of the molecule is COc1cc(N2Cc3ccc4ccccc4c3C3=C2C(=O)CC(C)(C)C3)cc(Br)c1OC. The molecule has 5 rings (SSSR count). The Balaban J connectivity index is 1.78. The van der Waals surface area contributed by atoms with Crippen LogP contribution in [0.4, 0.5) is 5.69 Å². The summed E-state index contributed by atoms with van der Waals surface area (Å²) in [5.74, 6) is 1.47. The van der Waals surface area contributed by atoms with Gasteiger partial charge in [-0.3, -0.25) is 4.79 Å². The third kappa shape index (κ3) is 3.30. The number of ether oxygens (including phenoxy) is 2. The zero-order valence-electron chi connectivity index (χ0n) is 18.8. The molecule has 0 amide bonds. The Hall–Kier alpha value is -2.79. The molecular formula is C27H26BrNO3. The molecule has 1 aliphatic carbocycles. The molecule has 4 nitrogen and oxygen atoms in total.